The predicted molar refractivity (Wildman–Crippen MR) is 83.6 cm³/mol. The summed E-state index contributed by atoms with van der Waals surface area (Å²) in [6.07, 6.45) is 11.1. The molecule has 1 fully saturated rings. The van der Waals surface area contributed by atoms with Crippen molar-refractivity contribution in [3.05, 3.63) is 42.0 Å². The lowest BCUT2D eigenvalue weighted by atomic mass is 10.2. The molecule has 1 saturated carbocycles. The molecule has 0 atom stereocenters. The molecule has 0 saturated heterocycles. The number of carbonyl (C=O) groups is 1. The van der Waals surface area contributed by atoms with Gasteiger partial charge in [-0.1, -0.05) is 43.6 Å². The van der Waals surface area contributed by atoms with Gasteiger partial charge in [-0.25, -0.2) is 4.79 Å². The zero-order chi connectivity index (χ0) is 15.5. The monoisotopic (exact) mass is 290 g/mol. The average molecular weight is 290 g/mol. The summed E-state index contributed by atoms with van der Waals surface area (Å²) in [5.41, 5.74) is 0.946. The Kier molecular flexibility index (Phi) is 7.72. The van der Waals surface area contributed by atoms with Crippen molar-refractivity contribution in [1.29, 1.82) is 0 Å². The molecule has 0 unspecified atom stereocenters. The van der Waals surface area contributed by atoms with Crippen LogP contribution >= 0.6 is 0 Å². The normalized spacial score (nSPS) is 12.7. The second kappa shape index (κ2) is 9.64. The third-order valence-electron chi connectivity index (χ3n) is 2.59. The molecule has 0 amide bonds. The van der Waals surface area contributed by atoms with Crippen LogP contribution in [0.5, 0.6) is 11.5 Å². The average Bonchev–Trinajstić information content (AvgIpc) is 3.39. The molecule has 1 aromatic rings. The summed E-state index contributed by atoms with van der Waals surface area (Å²) in [5.74, 6) is 0.961. The van der Waals surface area contributed by atoms with Gasteiger partial charge in [0.2, 0.25) is 0 Å². The fourth-order valence-electron chi connectivity index (χ4n) is 1.33. The lowest BCUT2D eigenvalue weighted by molar-refractivity contribution is -0.134. The molecular weight excluding hydrogens is 268 g/mol. The Bertz CT molecular complexity index is 499. The van der Waals surface area contributed by atoms with Crippen LogP contribution in [0.25, 0.3) is 6.08 Å². The highest BCUT2D eigenvalue weighted by Gasteiger charge is 2.02. The van der Waals surface area contributed by atoms with Gasteiger partial charge < -0.3 is 14.2 Å². The van der Waals surface area contributed by atoms with Gasteiger partial charge in [0.1, 0.15) is 0 Å². The molecule has 2 rings (SSSR count). The van der Waals surface area contributed by atoms with Gasteiger partial charge in [0.25, 0.3) is 0 Å². The van der Waals surface area contributed by atoms with Gasteiger partial charge in [0.05, 0.1) is 21.3 Å². The molecule has 1 aromatic carbocycles. The van der Waals surface area contributed by atoms with Crippen LogP contribution in [-0.4, -0.2) is 27.3 Å². The van der Waals surface area contributed by atoms with Crippen LogP contribution in [0.1, 0.15) is 24.8 Å². The summed E-state index contributed by atoms with van der Waals surface area (Å²) >= 11 is 0. The van der Waals surface area contributed by atoms with Crippen LogP contribution in [-0.2, 0) is 9.53 Å². The number of hydrogen-bond acceptors (Lipinski definition) is 4. The van der Waals surface area contributed by atoms with E-state index in [1.54, 1.807) is 26.4 Å². The molecule has 1 aliphatic rings. The molecule has 21 heavy (non-hydrogen) atoms. The van der Waals surface area contributed by atoms with Crippen molar-refractivity contribution >= 4 is 12.0 Å². The first kappa shape index (κ1) is 16.8. The maximum Gasteiger partial charge on any atom is 0.330 e. The second-order valence-corrected chi connectivity index (χ2v) is 4.42. The smallest absolute Gasteiger partial charge is 0.330 e. The third kappa shape index (κ3) is 7.20. The summed E-state index contributed by atoms with van der Waals surface area (Å²) < 4.78 is 14.8. The highest BCUT2D eigenvalue weighted by molar-refractivity contribution is 5.82. The molecule has 4 heteroatoms. The maximum absolute atomic E-state index is 10.8. The van der Waals surface area contributed by atoms with Crippen LogP contribution in [0, 0.1) is 0 Å². The zero-order valence-corrected chi connectivity index (χ0v) is 12.8. The highest BCUT2D eigenvalue weighted by Crippen LogP contribution is 2.27. The minimum Gasteiger partial charge on any atom is -0.493 e. The lowest BCUT2D eigenvalue weighted by Gasteiger charge is -2.07. The van der Waals surface area contributed by atoms with E-state index < -0.39 is 0 Å². The first-order valence-electron chi connectivity index (χ1n) is 6.86. The Labute approximate surface area is 126 Å². The molecule has 0 radical (unpaired) electrons. The Balaban J connectivity index is 0.000000647. The number of esters is 1. The molecule has 1 aliphatic carbocycles. The number of benzene rings is 1. The van der Waals surface area contributed by atoms with Crippen LogP contribution in [0.15, 0.2) is 36.4 Å². The fourth-order valence-corrected chi connectivity index (χ4v) is 1.33. The topological polar surface area (TPSA) is 44.8 Å². The summed E-state index contributed by atoms with van der Waals surface area (Å²) in [6.45, 7) is 0. The van der Waals surface area contributed by atoms with E-state index in [4.69, 9.17) is 9.47 Å². The Morgan fingerprint density at radius 1 is 1.00 bits per heavy atom. The van der Waals surface area contributed by atoms with Crippen LogP contribution < -0.4 is 9.47 Å². The van der Waals surface area contributed by atoms with E-state index in [9.17, 15) is 4.79 Å². The van der Waals surface area contributed by atoms with Crippen molar-refractivity contribution in [2.45, 2.75) is 19.3 Å². The molecule has 0 heterocycles. The highest BCUT2D eigenvalue weighted by atomic mass is 16.5. The fraction of sp³-hybridized carbons (Fsp3) is 0.353. The summed E-state index contributed by atoms with van der Waals surface area (Å²) in [7, 11) is 4.51. The van der Waals surface area contributed by atoms with Crippen molar-refractivity contribution in [3.63, 3.8) is 0 Å². The Morgan fingerprint density at radius 3 is 2.19 bits per heavy atom. The first-order valence-corrected chi connectivity index (χ1v) is 6.86. The van der Waals surface area contributed by atoms with E-state index in [1.807, 2.05) is 24.3 Å². The quantitative estimate of drug-likeness (QED) is 0.472. The largest absolute Gasteiger partial charge is 0.493 e. The van der Waals surface area contributed by atoms with E-state index in [2.05, 4.69) is 4.74 Å². The number of hydrogen-bond donors (Lipinski definition) is 0. The van der Waals surface area contributed by atoms with Crippen molar-refractivity contribution in [2.24, 2.45) is 0 Å². The number of carbonyl (C=O) groups excluding carboxylic acids is 1. The number of methoxy groups -OCH3 is 3. The van der Waals surface area contributed by atoms with Gasteiger partial charge in [-0.15, -0.1) is 0 Å². The van der Waals surface area contributed by atoms with Gasteiger partial charge in [0, 0.05) is 6.08 Å². The summed E-state index contributed by atoms with van der Waals surface area (Å²) in [4.78, 5) is 10.8. The Hall–Kier alpha value is -2.23. The summed E-state index contributed by atoms with van der Waals surface area (Å²) in [5, 5.41) is 0. The first-order chi connectivity index (χ1) is 10.2. The van der Waals surface area contributed by atoms with Crippen LogP contribution in [0.2, 0.25) is 0 Å². The van der Waals surface area contributed by atoms with Gasteiger partial charge >= 0.3 is 5.97 Å². The van der Waals surface area contributed by atoms with E-state index in [1.165, 1.54) is 32.4 Å². The van der Waals surface area contributed by atoms with Gasteiger partial charge in [-0.3, -0.25) is 0 Å². The van der Waals surface area contributed by atoms with E-state index >= 15 is 0 Å². The molecule has 0 aliphatic heterocycles. The standard InChI is InChI=1S/C14H16O4.C3H6/c1-16-12-9-8-11(10-13(12)17-2)6-4-5-7-14(15)18-3;1-2-3-1/h4-10H,1-3H3;1-3H2. The SMILES string of the molecule is C1CC1.COC(=O)C=CC=Cc1ccc(OC)c(OC)c1. The van der Waals surface area contributed by atoms with Gasteiger partial charge in [-0.2, -0.15) is 0 Å². The van der Waals surface area contributed by atoms with Gasteiger partial charge in [0.15, 0.2) is 11.5 Å². The van der Waals surface area contributed by atoms with E-state index in [0.29, 0.717) is 11.5 Å². The van der Waals surface area contributed by atoms with Crippen LogP contribution in [0.4, 0.5) is 0 Å². The third-order valence-corrected chi connectivity index (χ3v) is 2.59. The molecule has 0 spiro atoms. The van der Waals surface area contributed by atoms with E-state index in [-0.39, 0.29) is 5.97 Å². The van der Waals surface area contributed by atoms with Crippen molar-refractivity contribution < 1.29 is 19.0 Å². The molecule has 0 aromatic heterocycles. The Morgan fingerprint density at radius 2 is 1.67 bits per heavy atom. The molecule has 0 bridgehead atoms. The molecule has 0 N–H and O–H groups in total. The minimum atomic E-state index is -0.382. The van der Waals surface area contributed by atoms with Gasteiger partial charge in [-0.05, 0) is 17.7 Å². The lowest BCUT2D eigenvalue weighted by Crippen LogP contribution is -1.92. The number of rotatable bonds is 5. The number of allylic oxidation sites excluding steroid dienone is 2. The number of ether oxygens (including phenoxy) is 3. The molecular formula is C17H22O4. The molecule has 4 nitrogen and oxygen atoms in total. The van der Waals surface area contributed by atoms with Crippen molar-refractivity contribution in [1.82, 2.24) is 0 Å². The van der Waals surface area contributed by atoms with E-state index in [0.717, 1.165) is 5.56 Å². The molecule has 114 valence electrons. The predicted octanol–water partition coefficient (Wildman–Crippen LogP) is 3.62. The summed E-state index contributed by atoms with van der Waals surface area (Å²) in [6, 6.07) is 5.56. The van der Waals surface area contributed by atoms with Crippen molar-refractivity contribution in [3.8, 4) is 11.5 Å². The van der Waals surface area contributed by atoms with Crippen LogP contribution in [0.3, 0.4) is 0 Å². The minimum absolute atomic E-state index is 0.382. The maximum atomic E-state index is 10.8. The second-order valence-electron chi connectivity index (χ2n) is 4.42. The zero-order valence-electron chi connectivity index (χ0n) is 12.8. The van der Waals surface area contributed by atoms with Crippen molar-refractivity contribution in [2.75, 3.05) is 21.3 Å².